The van der Waals surface area contributed by atoms with E-state index < -0.39 is 0 Å². The second-order valence-corrected chi connectivity index (χ2v) is 5.72. The molecule has 0 saturated heterocycles. The van der Waals surface area contributed by atoms with Gasteiger partial charge in [-0.25, -0.2) is 14.6 Å². The molecule has 0 aliphatic heterocycles. The van der Waals surface area contributed by atoms with Crippen molar-refractivity contribution >= 4 is 11.7 Å². The Morgan fingerprint density at radius 1 is 1.12 bits per heavy atom. The van der Waals surface area contributed by atoms with Crippen LogP contribution >= 0.6 is 0 Å². The average Bonchev–Trinajstić information content (AvgIpc) is 3.05. The average molecular weight is 336 g/mol. The third-order valence-electron chi connectivity index (χ3n) is 3.61. The van der Waals surface area contributed by atoms with Gasteiger partial charge in [-0.2, -0.15) is 5.10 Å². The second kappa shape index (κ2) is 7.57. The molecule has 128 valence electrons. The highest BCUT2D eigenvalue weighted by Gasteiger charge is 2.05. The van der Waals surface area contributed by atoms with Crippen molar-refractivity contribution in [1.82, 2.24) is 25.1 Å². The maximum Gasteiger partial charge on any atom is 0.251 e. The molecule has 0 atom stereocenters. The van der Waals surface area contributed by atoms with Crippen molar-refractivity contribution in [2.75, 3.05) is 18.4 Å². The van der Waals surface area contributed by atoms with Crippen molar-refractivity contribution < 1.29 is 4.79 Å². The summed E-state index contributed by atoms with van der Waals surface area (Å²) >= 11 is 0. The highest BCUT2D eigenvalue weighted by molar-refractivity contribution is 5.94. The zero-order valence-electron chi connectivity index (χ0n) is 14.2. The molecule has 0 bridgehead atoms. The molecule has 0 saturated carbocycles. The number of aryl methyl sites for hydroxylation is 2. The fourth-order valence-corrected chi connectivity index (χ4v) is 2.37. The Morgan fingerprint density at radius 2 is 2.00 bits per heavy atom. The van der Waals surface area contributed by atoms with E-state index in [4.69, 9.17) is 0 Å². The summed E-state index contributed by atoms with van der Waals surface area (Å²) in [5.74, 6) is 1.29. The van der Waals surface area contributed by atoms with Crippen LogP contribution in [0.15, 0.2) is 48.9 Å². The van der Waals surface area contributed by atoms with Gasteiger partial charge in [0, 0.05) is 30.9 Å². The number of hydrogen-bond acceptors (Lipinski definition) is 5. The van der Waals surface area contributed by atoms with E-state index >= 15 is 0 Å². The lowest BCUT2D eigenvalue weighted by atomic mass is 10.1. The molecule has 0 aliphatic rings. The normalized spacial score (nSPS) is 10.5. The molecular weight excluding hydrogens is 316 g/mol. The third kappa shape index (κ3) is 4.41. The summed E-state index contributed by atoms with van der Waals surface area (Å²) in [6.45, 7) is 4.94. The van der Waals surface area contributed by atoms with E-state index in [0.29, 0.717) is 30.3 Å². The zero-order valence-corrected chi connectivity index (χ0v) is 14.2. The number of amides is 1. The van der Waals surface area contributed by atoms with Gasteiger partial charge in [-0.1, -0.05) is 17.7 Å². The SMILES string of the molecule is Cc1cccc(C(=O)NCCNc2cc(-n3ccc(C)n3)ncn2)c1. The van der Waals surface area contributed by atoms with E-state index in [-0.39, 0.29) is 5.91 Å². The fraction of sp³-hybridized carbons (Fsp3) is 0.222. The number of benzene rings is 1. The first-order chi connectivity index (χ1) is 12.1. The van der Waals surface area contributed by atoms with Crippen LogP contribution in [0.5, 0.6) is 0 Å². The molecule has 2 aromatic heterocycles. The van der Waals surface area contributed by atoms with Crippen molar-refractivity contribution in [2.45, 2.75) is 13.8 Å². The largest absolute Gasteiger partial charge is 0.368 e. The maximum atomic E-state index is 12.1. The van der Waals surface area contributed by atoms with Crippen LogP contribution in [0, 0.1) is 13.8 Å². The minimum Gasteiger partial charge on any atom is -0.368 e. The number of aromatic nitrogens is 4. The van der Waals surface area contributed by atoms with Gasteiger partial charge in [-0.15, -0.1) is 0 Å². The first-order valence-corrected chi connectivity index (χ1v) is 8.05. The van der Waals surface area contributed by atoms with Gasteiger partial charge in [0.1, 0.15) is 12.1 Å². The number of nitrogens with zero attached hydrogens (tertiary/aromatic N) is 4. The molecule has 0 unspecified atom stereocenters. The summed E-state index contributed by atoms with van der Waals surface area (Å²) < 4.78 is 1.70. The van der Waals surface area contributed by atoms with Crippen LogP contribution in [0.25, 0.3) is 5.82 Å². The predicted octanol–water partition coefficient (Wildman–Crippen LogP) is 2.12. The van der Waals surface area contributed by atoms with E-state index in [1.54, 1.807) is 10.7 Å². The molecule has 25 heavy (non-hydrogen) atoms. The van der Waals surface area contributed by atoms with Crippen molar-refractivity contribution in [3.05, 3.63) is 65.7 Å². The summed E-state index contributed by atoms with van der Waals surface area (Å²) in [5.41, 5.74) is 2.65. The summed E-state index contributed by atoms with van der Waals surface area (Å²) in [4.78, 5) is 20.5. The quantitative estimate of drug-likeness (QED) is 0.674. The molecule has 2 N–H and O–H groups in total. The number of nitrogens with one attached hydrogen (secondary N) is 2. The fourth-order valence-electron chi connectivity index (χ4n) is 2.37. The van der Waals surface area contributed by atoms with Gasteiger partial charge in [0.25, 0.3) is 5.91 Å². The Balaban J connectivity index is 1.51. The van der Waals surface area contributed by atoms with Crippen molar-refractivity contribution in [3.8, 4) is 5.82 Å². The van der Waals surface area contributed by atoms with E-state index in [9.17, 15) is 4.79 Å². The van der Waals surface area contributed by atoms with Gasteiger partial charge in [0.05, 0.1) is 5.69 Å². The molecule has 0 fully saturated rings. The molecule has 1 aromatic carbocycles. The van der Waals surface area contributed by atoms with Crippen LogP contribution in [0.4, 0.5) is 5.82 Å². The van der Waals surface area contributed by atoms with Gasteiger partial charge in [-0.3, -0.25) is 4.79 Å². The van der Waals surface area contributed by atoms with Crippen molar-refractivity contribution in [2.24, 2.45) is 0 Å². The molecule has 7 nitrogen and oxygen atoms in total. The van der Waals surface area contributed by atoms with Crippen molar-refractivity contribution in [3.63, 3.8) is 0 Å². The highest BCUT2D eigenvalue weighted by Crippen LogP contribution is 2.08. The van der Waals surface area contributed by atoms with Crippen LogP contribution in [-0.4, -0.2) is 38.7 Å². The molecule has 7 heteroatoms. The lowest BCUT2D eigenvalue weighted by molar-refractivity contribution is 0.0955. The Labute approximate surface area is 146 Å². The van der Waals surface area contributed by atoms with Crippen molar-refractivity contribution in [1.29, 1.82) is 0 Å². The number of anilines is 1. The molecular formula is C18H20N6O. The molecule has 2 heterocycles. The summed E-state index contributed by atoms with van der Waals surface area (Å²) in [6, 6.07) is 11.2. The number of carbonyl (C=O) groups is 1. The smallest absolute Gasteiger partial charge is 0.251 e. The number of hydrogen-bond donors (Lipinski definition) is 2. The minimum atomic E-state index is -0.0825. The van der Waals surface area contributed by atoms with E-state index in [1.807, 2.05) is 50.4 Å². The zero-order chi connectivity index (χ0) is 17.6. The van der Waals surface area contributed by atoms with Gasteiger partial charge >= 0.3 is 0 Å². The lowest BCUT2D eigenvalue weighted by Crippen LogP contribution is -2.28. The van der Waals surface area contributed by atoms with Gasteiger partial charge in [0.2, 0.25) is 0 Å². The monoisotopic (exact) mass is 336 g/mol. The summed E-state index contributed by atoms with van der Waals surface area (Å²) in [5, 5.41) is 10.4. The molecule has 0 aliphatic carbocycles. The standard InChI is InChI=1S/C18H20N6O/c1-13-4-3-5-15(10-13)18(25)20-8-7-19-16-11-17(22-12-21-16)24-9-6-14(2)23-24/h3-6,9-12H,7-8H2,1-2H3,(H,20,25)(H,19,21,22). The highest BCUT2D eigenvalue weighted by atomic mass is 16.1. The van der Waals surface area contributed by atoms with Crippen LogP contribution in [-0.2, 0) is 0 Å². The first kappa shape index (κ1) is 16.6. The van der Waals surface area contributed by atoms with Gasteiger partial charge in [-0.05, 0) is 32.0 Å². The number of rotatable bonds is 6. The van der Waals surface area contributed by atoms with Gasteiger partial charge < -0.3 is 10.6 Å². The second-order valence-electron chi connectivity index (χ2n) is 5.72. The Hall–Kier alpha value is -3.22. The van der Waals surface area contributed by atoms with E-state index in [1.165, 1.54) is 6.33 Å². The van der Waals surface area contributed by atoms with Crippen LogP contribution in [0.3, 0.4) is 0 Å². The molecule has 3 rings (SSSR count). The molecule has 0 spiro atoms. The maximum absolute atomic E-state index is 12.1. The topological polar surface area (TPSA) is 84.7 Å². The molecule has 0 radical (unpaired) electrons. The van der Waals surface area contributed by atoms with E-state index in [2.05, 4.69) is 25.7 Å². The minimum absolute atomic E-state index is 0.0825. The predicted molar refractivity (Wildman–Crippen MR) is 95.9 cm³/mol. The summed E-state index contributed by atoms with van der Waals surface area (Å²) in [6.07, 6.45) is 3.34. The summed E-state index contributed by atoms with van der Waals surface area (Å²) in [7, 11) is 0. The van der Waals surface area contributed by atoms with Crippen LogP contribution in [0.2, 0.25) is 0 Å². The van der Waals surface area contributed by atoms with Crippen LogP contribution < -0.4 is 10.6 Å². The Morgan fingerprint density at radius 3 is 2.76 bits per heavy atom. The Kier molecular flexibility index (Phi) is 5.03. The van der Waals surface area contributed by atoms with Crippen LogP contribution in [0.1, 0.15) is 21.6 Å². The first-order valence-electron chi connectivity index (χ1n) is 8.05. The number of carbonyl (C=O) groups excluding carboxylic acids is 1. The van der Waals surface area contributed by atoms with E-state index in [0.717, 1.165) is 11.3 Å². The Bertz CT molecular complexity index is 873. The molecule has 3 aromatic rings. The lowest BCUT2D eigenvalue weighted by Gasteiger charge is -2.08. The third-order valence-corrected chi connectivity index (χ3v) is 3.61. The molecule has 1 amide bonds. The van der Waals surface area contributed by atoms with Gasteiger partial charge in [0.15, 0.2) is 5.82 Å².